The van der Waals surface area contributed by atoms with Crippen LogP contribution in [0.2, 0.25) is 0 Å². The molecule has 1 rings (SSSR count). The Morgan fingerprint density at radius 1 is 1.35 bits per heavy atom. The van der Waals surface area contributed by atoms with Crippen molar-refractivity contribution >= 4 is 11.6 Å². The van der Waals surface area contributed by atoms with Crippen LogP contribution >= 0.6 is 0 Å². The Morgan fingerprint density at radius 2 is 2.06 bits per heavy atom. The minimum absolute atomic E-state index is 0.565. The third-order valence-electron chi connectivity index (χ3n) is 2.69. The van der Waals surface area contributed by atoms with Crippen LogP contribution < -0.4 is 10.6 Å². The Balaban J connectivity index is 2.74. The van der Waals surface area contributed by atoms with Crippen LogP contribution in [0.1, 0.15) is 39.4 Å². The Bertz CT molecular complexity index is 349. The monoisotopic (exact) mass is 236 g/mol. The summed E-state index contributed by atoms with van der Waals surface area (Å²) in [5.74, 6) is 3.04. The van der Waals surface area contributed by atoms with E-state index in [1.54, 1.807) is 0 Å². The van der Waals surface area contributed by atoms with Gasteiger partial charge in [-0.1, -0.05) is 20.8 Å². The van der Waals surface area contributed by atoms with Crippen molar-refractivity contribution in [3.63, 3.8) is 0 Å². The van der Waals surface area contributed by atoms with E-state index in [2.05, 4.69) is 42.7 Å². The van der Waals surface area contributed by atoms with Crippen LogP contribution in [-0.2, 0) is 6.42 Å². The number of aromatic nitrogens is 2. The molecule has 0 aliphatic carbocycles. The molecule has 0 saturated carbocycles. The summed E-state index contributed by atoms with van der Waals surface area (Å²) < 4.78 is 0. The molecule has 0 spiro atoms. The molecule has 0 radical (unpaired) electrons. The summed E-state index contributed by atoms with van der Waals surface area (Å²) in [4.78, 5) is 10.9. The summed E-state index contributed by atoms with van der Waals surface area (Å²) in [7, 11) is 2.06. The van der Waals surface area contributed by atoms with E-state index in [9.17, 15) is 0 Å². The second kappa shape index (κ2) is 6.42. The van der Waals surface area contributed by atoms with E-state index >= 15 is 0 Å². The minimum Gasteiger partial charge on any atom is -0.384 e. The molecular formula is C13H24N4. The van der Waals surface area contributed by atoms with Crippen molar-refractivity contribution in [1.82, 2.24) is 9.97 Å². The van der Waals surface area contributed by atoms with E-state index in [1.165, 1.54) is 0 Å². The van der Waals surface area contributed by atoms with E-state index in [0.717, 1.165) is 37.4 Å². The average Bonchev–Trinajstić information content (AvgIpc) is 2.25. The van der Waals surface area contributed by atoms with Gasteiger partial charge in [0.2, 0.25) is 0 Å². The van der Waals surface area contributed by atoms with Gasteiger partial charge in [-0.15, -0.1) is 0 Å². The number of nitrogen functional groups attached to an aromatic ring is 1. The van der Waals surface area contributed by atoms with E-state index in [4.69, 9.17) is 5.73 Å². The predicted octanol–water partition coefficient (Wildman–Crippen LogP) is 2.49. The average molecular weight is 236 g/mol. The second-order valence-electron chi connectivity index (χ2n) is 4.92. The van der Waals surface area contributed by atoms with Gasteiger partial charge in [-0.25, -0.2) is 9.97 Å². The van der Waals surface area contributed by atoms with Gasteiger partial charge in [-0.05, 0) is 18.8 Å². The van der Waals surface area contributed by atoms with Crippen molar-refractivity contribution in [2.75, 3.05) is 24.2 Å². The third kappa shape index (κ3) is 4.59. The molecule has 1 aromatic rings. The fraction of sp³-hybridized carbons (Fsp3) is 0.692. The van der Waals surface area contributed by atoms with Gasteiger partial charge < -0.3 is 10.6 Å². The van der Waals surface area contributed by atoms with E-state index in [0.29, 0.717) is 11.7 Å². The van der Waals surface area contributed by atoms with Crippen molar-refractivity contribution in [2.45, 2.75) is 40.0 Å². The van der Waals surface area contributed by atoms with E-state index in [1.807, 2.05) is 6.07 Å². The lowest BCUT2D eigenvalue weighted by Gasteiger charge is -2.20. The lowest BCUT2D eigenvalue weighted by Crippen LogP contribution is -2.22. The van der Waals surface area contributed by atoms with Crippen molar-refractivity contribution in [2.24, 2.45) is 5.92 Å². The Hall–Kier alpha value is -1.32. The highest BCUT2D eigenvalue weighted by molar-refractivity contribution is 5.46. The number of hydrogen-bond acceptors (Lipinski definition) is 4. The number of anilines is 2. The maximum Gasteiger partial charge on any atom is 0.134 e. The van der Waals surface area contributed by atoms with Crippen molar-refractivity contribution in [1.29, 1.82) is 0 Å². The van der Waals surface area contributed by atoms with Crippen LogP contribution in [-0.4, -0.2) is 23.6 Å². The van der Waals surface area contributed by atoms with E-state index in [-0.39, 0.29) is 0 Å². The van der Waals surface area contributed by atoms with Crippen molar-refractivity contribution < 1.29 is 0 Å². The molecule has 4 nitrogen and oxygen atoms in total. The molecule has 0 aliphatic rings. The third-order valence-corrected chi connectivity index (χ3v) is 2.69. The molecule has 0 unspecified atom stereocenters. The summed E-state index contributed by atoms with van der Waals surface area (Å²) in [6, 6.07) is 1.85. The standard InChI is InChI=1S/C13H24N4/c1-5-6-12-15-11(14)9-13(16-12)17(4)8-7-10(2)3/h9-10H,5-8H2,1-4H3,(H2,14,15,16). The van der Waals surface area contributed by atoms with Crippen LogP contribution in [0.15, 0.2) is 6.07 Å². The molecule has 96 valence electrons. The zero-order valence-electron chi connectivity index (χ0n) is 11.4. The van der Waals surface area contributed by atoms with Gasteiger partial charge in [0.15, 0.2) is 0 Å². The highest BCUT2D eigenvalue weighted by Crippen LogP contribution is 2.14. The molecule has 0 fully saturated rings. The normalized spacial score (nSPS) is 10.9. The molecule has 1 aromatic heterocycles. The van der Waals surface area contributed by atoms with Crippen LogP contribution in [0, 0.1) is 5.92 Å². The highest BCUT2D eigenvalue weighted by Gasteiger charge is 2.07. The first kappa shape index (κ1) is 13.7. The quantitative estimate of drug-likeness (QED) is 0.824. The Labute approximate surface area is 104 Å². The van der Waals surface area contributed by atoms with E-state index < -0.39 is 0 Å². The summed E-state index contributed by atoms with van der Waals surface area (Å²) in [5, 5.41) is 0. The number of rotatable bonds is 6. The largest absolute Gasteiger partial charge is 0.384 e. The molecule has 2 N–H and O–H groups in total. The summed E-state index contributed by atoms with van der Waals surface area (Å²) in [5.41, 5.74) is 5.81. The topological polar surface area (TPSA) is 55.0 Å². The van der Waals surface area contributed by atoms with Crippen LogP contribution in [0.5, 0.6) is 0 Å². The highest BCUT2D eigenvalue weighted by atomic mass is 15.2. The predicted molar refractivity (Wildman–Crippen MR) is 73.2 cm³/mol. The van der Waals surface area contributed by atoms with Gasteiger partial charge in [-0.3, -0.25) is 0 Å². The molecule has 0 saturated heterocycles. The van der Waals surface area contributed by atoms with Gasteiger partial charge in [0, 0.05) is 26.1 Å². The van der Waals surface area contributed by atoms with Crippen molar-refractivity contribution in [3.8, 4) is 0 Å². The summed E-state index contributed by atoms with van der Waals surface area (Å²) in [6.07, 6.45) is 3.08. The number of hydrogen-bond donors (Lipinski definition) is 1. The molecule has 1 heterocycles. The summed E-state index contributed by atoms with van der Waals surface area (Å²) >= 11 is 0. The zero-order valence-corrected chi connectivity index (χ0v) is 11.4. The SMILES string of the molecule is CCCc1nc(N)cc(N(C)CCC(C)C)n1. The van der Waals surface area contributed by atoms with Gasteiger partial charge in [0.25, 0.3) is 0 Å². The first-order chi connectivity index (χ1) is 8.02. The lowest BCUT2D eigenvalue weighted by atomic mass is 10.1. The van der Waals surface area contributed by atoms with Gasteiger partial charge in [0.1, 0.15) is 17.5 Å². The molecule has 0 bridgehead atoms. The fourth-order valence-electron chi connectivity index (χ4n) is 1.60. The molecule has 0 amide bonds. The van der Waals surface area contributed by atoms with Gasteiger partial charge in [0.05, 0.1) is 0 Å². The minimum atomic E-state index is 0.565. The van der Waals surface area contributed by atoms with Crippen LogP contribution in [0.4, 0.5) is 11.6 Å². The maximum atomic E-state index is 5.81. The molecule has 17 heavy (non-hydrogen) atoms. The molecule has 0 aromatic carbocycles. The Morgan fingerprint density at radius 3 is 2.65 bits per heavy atom. The maximum absolute atomic E-state index is 5.81. The van der Waals surface area contributed by atoms with Gasteiger partial charge in [-0.2, -0.15) is 0 Å². The zero-order chi connectivity index (χ0) is 12.8. The molecular weight excluding hydrogens is 212 g/mol. The van der Waals surface area contributed by atoms with Crippen LogP contribution in [0.3, 0.4) is 0 Å². The molecule has 0 atom stereocenters. The summed E-state index contributed by atoms with van der Waals surface area (Å²) in [6.45, 7) is 7.57. The first-order valence-electron chi connectivity index (χ1n) is 6.37. The van der Waals surface area contributed by atoms with Gasteiger partial charge >= 0.3 is 0 Å². The van der Waals surface area contributed by atoms with Crippen LogP contribution in [0.25, 0.3) is 0 Å². The molecule has 4 heteroatoms. The van der Waals surface area contributed by atoms with Crippen molar-refractivity contribution in [3.05, 3.63) is 11.9 Å². The number of nitrogens with two attached hydrogens (primary N) is 1. The second-order valence-corrected chi connectivity index (χ2v) is 4.92. The fourth-order valence-corrected chi connectivity index (χ4v) is 1.60. The number of aryl methyl sites for hydroxylation is 1. The number of nitrogens with zero attached hydrogens (tertiary/aromatic N) is 3. The Kier molecular flexibility index (Phi) is 5.19. The smallest absolute Gasteiger partial charge is 0.134 e. The molecule has 0 aliphatic heterocycles. The first-order valence-corrected chi connectivity index (χ1v) is 6.37. The lowest BCUT2D eigenvalue weighted by molar-refractivity contribution is 0.583.